The second kappa shape index (κ2) is 8.66. The van der Waals surface area contributed by atoms with Crippen LogP contribution in [-0.4, -0.2) is 19.1 Å². The van der Waals surface area contributed by atoms with Crippen LogP contribution < -0.4 is 10.1 Å². The van der Waals surface area contributed by atoms with Crippen molar-refractivity contribution in [2.75, 3.05) is 7.11 Å². The van der Waals surface area contributed by atoms with Gasteiger partial charge in [-0.1, -0.05) is 42.5 Å². The van der Waals surface area contributed by atoms with E-state index in [-0.39, 0.29) is 5.71 Å². The number of carbonyl (C=O) groups excluding carboxylic acids is 1. The largest absolute Gasteiger partial charge is 0.497 e. The number of benzene rings is 2. The van der Waals surface area contributed by atoms with Crippen LogP contribution >= 0.6 is 0 Å². The van der Waals surface area contributed by atoms with Gasteiger partial charge in [-0.2, -0.15) is 0 Å². The molecule has 0 aliphatic heterocycles. The van der Waals surface area contributed by atoms with Gasteiger partial charge in [-0.25, -0.2) is 0 Å². The number of carbonyl (C=O) groups is 1. The van der Waals surface area contributed by atoms with Crippen molar-refractivity contribution in [3.05, 3.63) is 77.5 Å². The van der Waals surface area contributed by atoms with E-state index in [0.29, 0.717) is 12.7 Å². The van der Waals surface area contributed by atoms with E-state index < -0.39 is 0 Å². The summed E-state index contributed by atoms with van der Waals surface area (Å²) in [6, 6.07) is 17.9. The summed E-state index contributed by atoms with van der Waals surface area (Å²) in [5.41, 5.74) is 3.25. The molecule has 4 nitrogen and oxygen atoms in total. The predicted octanol–water partition coefficient (Wildman–Crippen LogP) is 2.10. The van der Waals surface area contributed by atoms with Crippen molar-refractivity contribution in [3.63, 3.8) is 0 Å². The molecule has 4 heteroatoms. The van der Waals surface area contributed by atoms with Gasteiger partial charge < -0.3 is 10.1 Å². The van der Waals surface area contributed by atoms with Crippen LogP contribution in [0.5, 0.6) is 5.75 Å². The van der Waals surface area contributed by atoms with Crippen molar-refractivity contribution >= 4 is 12.0 Å². The number of ether oxygens (including phenoxy) is 1. The van der Waals surface area contributed by atoms with Crippen LogP contribution in [-0.2, 0) is 17.8 Å². The number of nitrogens with one attached hydrogen (secondary N) is 1. The Morgan fingerprint density at radius 3 is 2.39 bits per heavy atom. The first-order chi connectivity index (χ1) is 11.2. The lowest BCUT2D eigenvalue weighted by Gasteiger charge is -2.07. The third kappa shape index (κ3) is 5.52. The average molecular weight is 309 g/mol. The Hall–Kier alpha value is -2.72. The van der Waals surface area contributed by atoms with Crippen molar-refractivity contribution in [2.45, 2.75) is 13.0 Å². The van der Waals surface area contributed by atoms with Crippen LogP contribution in [0, 0.1) is 5.41 Å². The van der Waals surface area contributed by atoms with Crippen LogP contribution in [0.2, 0.25) is 0 Å². The van der Waals surface area contributed by atoms with Crippen molar-refractivity contribution in [2.24, 2.45) is 0 Å². The molecule has 0 fully saturated rings. The van der Waals surface area contributed by atoms with E-state index in [1.807, 2.05) is 42.5 Å². The van der Waals surface area contributed by atoms with E-state index >= 15 is 0 Å². The Kier molecular flexibility index (Phi) is 6.27. The summed E-state index contributed by atoms with van der Waals surface area (Å²) in [5.74, 6) is 0.813. The van der Waals surface area contributed by atoms with Crippen molar-refractivity contribution < 1.29 is 14.8 Å². The van der Waals surface area contributed by atoms with Gasteiger partial charge >= 0.3 is 0 Å². The standard InChI is InChI=1S/C19H20N2O2/c1-23-19-9-7-15(8-10-19)11-18(12-17(20)14-22)21-13-16-5-3-2-4-6-16/h2-10,12,14,20-21H,11,13H2,1H3/p+1/b18-12-,20-17?. The monoisotopic (exact) mass is 309 g/mol. The van der Waals surface area contributed by atoms with Crippen molar-refractivity contribution in [3.8, 4) is 5.75 Å². The highest BCUT2D eigenvalue weighted by Crippen LogP contribution is 2.12. The second-order valence-electron chi connectivity index (χ2n) is 5.21. The fraction of sp³-hybridized carbons (Fsp3) is 0.158. The Labute approximate surface area is 136 Å². The lowest BCUT2D eigenvalue weighted by molar-refractivity contribution is -0.624. The number of aldehydes is 1. The molecule has 2 rings (SSSR count). The number of rotatable bonds is 8. The van der Waals surface area contributed by atoms with Gasteiger partial charge in [0.1, 0.15) is 18.0 Å². The van der Waals surface area contributed by atoms with Crippen LogP contribution in [0.25, 0.3) is 0 Å². The zero-order chi connectivity index (χ0) is 16.5. The predicted molar refractivity (Wildman–Crippen MR) is 90.6 cm³/mol. The van der Waals surface area contributed by atoms with E-state index in [9.17, 15) is 4.79 Å². The summed E-state index contributed by atoms with van der Waals surface area (Å²) < 4.78 is 5.16. The van der Waals surface area contributed by atoms with Crippen molar-refractivity contribution in [1.82, 2.24) is 0 Å². The Morgan fingerprint density at radius 2 is 1.78 bits per heavy atom. The minimum Gasteiger partial charge on any atom is -0.497 e. The number of nitrogens with two attached hydrogens (primary N) is 1. The highest BCUT2D eigenvalue weighted by atomic mass is 16.5. The molecule has 2 aromatic rings. The number of hydrogen-bond acceptors (Lipinski definition) is 3. The number of hydrogen-bond donors (Lipinski definition) is 2. The smallest absolute Gasteiger partial charge is 0.167 e. The number of allylic oxidation sites excluding steroid dienone is 2. The molecule has 0 bridgehead atoms. The van der Waals surface area contributed by atoms with Gasteiger partial charge in [0.25, 0.3) is 0 Å². The molecule has 0 amide bonds. The van der Waals surface area contributed by atoms with E-state index in [1.54, 1.807) is 13.2 Å². The second-order valence-corrected chi connectivity index (χ2v) is 5.21. The molecule has 3 N–H and O–H groups in total. The first kappa shape index (κ1) is 16.6. The quantitative estimate of drug-likeness (QED) is 0.579. The highest BCUT2D eigenvalue weighted by molar-refractivity contribution is 6.32. The number of quaternary nitrogens is 1. The highest BCUT2D eigenvalue weighted by Gasteiger charge is 2.07. The van der Waals surface area contributed by atoms with Gasteiger partial charge in [-0.3, -0.25) is 10.2 Å². The average Bonchev–Trinajstić information content (AvgIpc) is 2.61. The molecule has 0 heterocycles. The van der Waals surface area contributed by atoms with Gasteiger partial charge in [-0.05, 0) is 17.7 Å². The molecule has 0 aliphatic rings. The zero-order valence-corrected chi connectivity index (χ0v) is 13.2. The maximum absolute atomic E-state index is 10.8. The maximum atomic E-state index is 10.8. The van der Waals surface area contributed by atoms with Crippen LogP contribution in [0.4, 0.5) is 0 Å². The Balaban J connectivity index is 2.08. The molecule has 0 aromatic heterocycles. The molecule has 0 aliphatic carbocycles. The Bertz CT molecular complexity index is 676. The molecule has 0 unspecified atom stereocenters. The van der Waals surface area contributed by atoms with E-state index in [0.717, 1.165) is 23.6 Å². The van der Waals surface area contributed by atoms with Gasteiger partial charge in [0, 0.05) is 18.1 Å². The molecular weight excluding hydrogens is 288 g/mol. The number of methoxy groups -OCH3 is 1. The van der Waals surface area contributed by atoms with Crippen molar-refractivity contribution in [1.29, 1.82) is 5.41 Å². The van der Waals surface area contributed by atoms with E-state index in [4.69, 9.17) is 10.1 Å². The summed E-state index contributed by atoms with van der Waals surface area (Å²) in [7, 11) is 1.64. The van der Waals surface area contributed by atoms with Gasteiger partial charge in [-0.15, -0.1) is 0 Å². The molecule has 23 heavy (non-hydrogen) atoms. The van der Waals surface area contributed by atoms with Crippen LogP contribution in [0.3, 0.4) is 0 Å². The summed E-state index contributed by atoms with van der Waals surface area (Å²) in [6.45, 7) is 0.773. The van der Waals surface area contributed by atoms with Gasteiger partial charge in [0.05, 0.1) is 12.8 Å². The summed E-state index contributed by atoms with van der Waals surface area (Å²) in [5, 5.41) is 9.66. The molecule has 0 saturated carbocycles. The minimum atomic E-state index is -0.0159. The molecule has 2 aromatic carbocycles. The first-order valence-electron chi connectivity index (χ1n) is 7.45. The first-order valence-corrected chi connectivity index (χ1v) is 7.45. The van der Waals surface area contributed by atoms with E-state index in [2.05, 4.69) is 17.4 Å². The summed E-state index contributed by atoms with van der Waals surface area (Å²) in [4.78, 5) is 10.8. The lowest BCUT2D eigenvalue weighted by atomic mass is 10.1. The molecular formula is C19H21N2O2+. The third-order valence-corrected chi connectivity index (χ3v) is 3.48. The summed E-state index contributed by atoms with van der Waals surface area (Å²) in [6.07, 6.45) is 2.86. The van der Waals surface area contributed by atoms with Gasteiger partial charge in [0.15, 0.2) is 6.29 Å². The van der Waals surface area contributed by atoms with Crippen LogP contribution in [0.15, 0.2) is 66.4 Å². The van der Waals surface area contributed by atoms with E-state index in [1.165, 1.54) is 5.56 Å². The minimum absolute atomic E-state index is 0.0159. The molecule has 0 saturated heterocycles. The normalized spacial score (nSPS) is 11.1. The fourth-order valence-corrected chi connectivity index (χ4v) is 2.26. The maximum Gasteiger partial charge on any atom is 0.167 e. The SMILES string of the molecule is COc1ccc(C/C(=C/C(=N)C=O)[NH2+]Cc2ccccc2)cc1. The zero-order valence-electron chi connectivity index (χ0n) is 13.2. The molecule has 0 radical (unpaired) electrons. The molecule has 0 atom stereocenters. The fourth-order valence-electron chi connectivity index (χ4n) is 2.26. The Morgan fingerprint density at radius 1 is 1.09 bits per heavy atom. The van der Waals surface area contributed by atoms with Crippen LogP contribution in [0.1, 0.15) is 11.1 Å². The third-order valence-electron chi connectivity index (χ3n) is 3.48. The van der Waals surface area contributed by atoms with Gasteiger partial charge in [0.2, 0.25) is 0 Å². The molecule has 0 spiro atoms. The summed E-state index contributed by atoms with van der Waals surface area (Å²) >= 11 is 0. The topological polar surface area (TPSA) is 66.8 Å². The molecule has 118 valence electrons. The lowest BCUT2D eigenvalue weighted by Crippen LogP contribution is -2.80.